The predicted molar refractivity (Wildman–Crippen MR) is 83.3 cm³/mol. The van der Waals surface area contributed by atoms with Gasteiger partial charge in [0.05, 0.1) is 18.1 Å². The van der Waals surface area contributed by atoms with Crippen molar-refractivity contribution in [2.24, 2.45) is 17.3 Å². The number of phenols is 1. The number of phenolic OH excluding ortho intramolecular Hbond substituents is 1. The maximum Gasteiger partial charge on any atom is 0.188 e. The van der Waals surface area contributed by atoms with E-state index < -0.39 is 0 Å². The highest BCUT2D eigenvalue weighted by Gasteiger charge is 2.66. The Labute approximate surface area is 133 Å². The molecule has 5 rings (SSSR count). The Morgan fingerprint density at radius 1 is 1.35 bits per heavy atom. The molecule has 3 N–H and O–H groups in total. The fraction of sp³-hybridized carbons (Fsp3) is 0.353. The van der Waals surface area contributed by atoms with E-state index in [0.29, 0.717) is 29.5 Å². The van der Waals surface area contributed by atoms with Gasteiger partial charge in [0.2, 0.25) is 0 Å². The van der Waals surface area contributed by atoms with E-state index in [4.69, 9.17) is 10.5 Å². The van der Waals surface area contributed by atoms with Crippen molar-refractivity contribution in [1.82, 2.24) is 10.2 Å². The number of rotatable bonds is 4. The highest BCUT2D eigenvalue weighted by molar-refractivity contribution is 5.68. The van der Waals surface area contributed by atoms with Crippen LogP contribution in [0.25, 0.3) is 11.3 Å². The first-order valence-electron chi connectivity index (χ1n) is 7.58. The molecule has 2 aromatic rings. The van der Waals surface area contributed by atoms with Crippen molar-refractivity contribution in [2.45, 2.75) is 12.8 Å². The number of ether oxygens (including phenoxy) is 1. The third-order valence-corrected chi connectivity index (χ3v) is 5.14. The van der Waals surface area contributed by atoms with Crippen LogP contribution < -0.4 is 10.5 Å². The first kappa shape index (κ1) is 13.8. The first-order valence-corrected chi connectivity index (χ1v) is 7.58. The summed E-state index contributed by atoms with van der Waals surface area (Å²) >= 11 is 0. The Morgan fingerprint density at radius 2 is 2.13 bits per heavy atom. The van der Waals surface area contributed by atoms with E-state index in [2.05, 4.69) is 16.3 Å². The number of hydrogen-bond donors (Lipinski definition) is 2. The summed E-state index contributed by atoms with van der Waals surface area (Å²) in [6.45, 7) is 0.467. The minimum absolute atomic E-state index is 0.126. The van der Waals surface area contributed by atoms with E-state index in [1.807, 2.05) is 6.07 Å². The van der Waals surface area contributed by atoms with Gasteiger partial charge in [0.1, 0.15) is 11.4 Å². The van der Waals surface area contributed by atoms with E-state index in [-0.39, 0.29) is 22.9 Å². The van der Waals surface area contributed by atoms with Crippen LogP contribution in [0.15, 0.2) is 30.3 Å². The second-order valence-corrected chi connectivity index (χ2v) is 6.35. The highest BCUT2D eigenvalue weighted by Crippen LogP contribution is 2.68. The lowest BCUT2D eigenvalue weighted by atomic mass is 9.38. The zero-order valence-corrected chi connectivity index (χ0v) is 12.4. The fourth-order valence-electron chi connectivity index (χ4n) is 3.56. The molecule has 6 nitrogen and oxygen atoms in total. The lowest BCUT2D eigenvalue weighted by molar-refractivity contribution is -0.160. The largest absolute Gasteiger partial charge is 0.507 e. The third kappa shape index (κ3) is 2.00. The fourth-order valence-corrected chi connectivity index (χ4v) is 3.56. The van der Waals surface area contributed by atoms with Gasteiger partial charge >= 0.3 is 0 Å². The van der Waals surface area contributed by atoms with E-state index in [1.54, 1.807) is 24.3 Å². The van der Waals surface area contributed by atoms with Crippen LogP contribution in [-0.4, -0.2) is 21.9 Å². The number of nitrogen functional groups attached to an aromatic ring is 1. The zero-order valence-electron chi connectivity index (χ0n) is 12.4. The number of nitrogens with two attached hydrogens (primary N) is 1. The highest BCUT2D eigenvalue weighted by atomic mass is 16.5. The quantitative estimate of drug-likeness (QED) is 0.898. The van der Waals surface area contributed by atoms with Crippen LogP contribution in [0, 0.1) is 28.6 Å². The van der Waals surface area contributed by atoms with E-state index in [1.165, 1.54) is 0 Å². The summed E-state index contributed by atoms with van der Waals surface area (Å²) in [6.07, 6.45) is 1.98. The zero-order chi connectivity index (χ0) is 16.0. The van der Waals surface area contributed by atoms with Gasteiger partial charge in [-0.3, -0.25) is 0 Å². The molecular weight excluding hydrogens is 292 g/mol. The Balaban J connectivity index is 1.54. The minimum atomic E-state index is -0.180. The molecule has 23 heavy (non-hydrogen) atoms. The number of nitriles is 1. The van der Waals surface area contributed by atoms with Crippen molar-refractivity contribution in [1.29, 1.82) is 5.26 Å². The van der Waals surface area contributed by atoms with Crippen molar-refractivity contribution in [2.75, 3.05) is 12.3 Å². The molecule has 0 aliphatic heterocycles. The van der Waals surface area contributed by atoms with Gasteiger partial charge < -0.3 is 15.6 Å². The summed E-state index contributed by atoms with van der Waals surface area (Å²) in [5.41, 5.74) is 6.73. The summed E-state index contributed by atoms with van der Waals surface area (Å²) < 4.78 is 5.81. The molecule has 3 aliphatic carbocycles. The van der Waals surface area contributed by atoms with Gasteiger partial charge in [0.15, 0.2) is 11.6 Å². The van der Waals surface area contributed by atoms with Gasteiger partial charge in [-0.15, -0.1) is 10.2 Å². The Hall–Kier alpha value is -2.81. The van der Waals surface area contributed by atoms with Gasteiger partial charge in [-0.25, -0.2) is 0 Å². The molecule has 3 fully saturated rings. The van der Waals surface area contributed by atoms with Crippen LogP contribution in [0.4, 0.5) is 5.82 Å². The lowest BCUT2D eigenvalue weighted by Crippen LogP contribution is -2.62. The third-order valence-electron chi connectivity index (χ3n) is 5.14. The number of para-hydroxylation sites is 1. The van der Waals surface area contributed by atoms with E-state index in [0.717, 1.165) is 12.8 Å². The summed E-state index contributed by atoms with van der Waals surface area (Å²) in [5, 5.41) is 27.1. The summed E-state index contributed by atoms with van der Waals surface area (Å²) in [6, 6.07) is 11.0. The van der Waals surface area contributed by atoms with Gasteiger partial charge in [0, 0.05) is 17.5 Å². The SMILES string of the molecule is N#CC12CC(C1)C2COc1cc(-c2ccccc2O)nnc1N. The molecule has 1 heterocycles. The Bertz CT molecular complexity index is 808. The normalized spacial score (nSPS) is 27.4. The number of hydrogen-bond acceptors (Lipinski definition) is 6. The number of aromatic hydroxyl groups is 1. The van der Waals surface area contributed by atoms with Crippen LogP contribution in [0.1, 0.15) is 12.8 Å². The second kappa shape index (κ2) is 4.85. The van der Waals surface area contributed by atoms with Gasteiger partial charge in [-0.05, 0) is 30.9 Å². The molecule has 0 radical (unpaired) electrons. The van der Waals surface area contributed by atoms with Crippen molar-refractivity contribution in [3.05, 3.63) is 30.3 Å². The first-order chi connectivity index (χ1) is 11.1. The standard InChI is InChI=1S/C17H16N4O2/c18-9-17-6-10(7-17)12(17)8-23-15-5-13(20-21-16(15)19)11-3-1-2-4-14(11)22/h1-5,10,12,22H,6-8H2,(H2,19,21). The monoisotopic (exact) mass is 308 g/mol. The predicted octanol–water partition coefficient (Wildman–Crippen LogP) is 2.36. The molecule has 0 saturated heterocycles. The number of benzene rings is 1. The lowest BCUT2D eigenvalue weighted by Gasteiger charge is -2.64. The Morgan fingerprint density at radius 3 is 2.78 bits per heavy atom. The van der Waals surface area contributed by atoms with Gasteiger partial charge in [-0.1, -0.05) is 12.1 Å². The van der Waals surface area contributed by atoms with Gasteiger partial charge in [0.25, 0.3) is 0 Å². The average molecular weight is 308 g/mol. The molecule has 116 valence electrons. The number of nitrogens with zero attached hydrogens (tertiary/aromatic N) is 3. The Kier molecular flexibility index (Phi) is 2.91. The van der Waals surface area contributed by atoms with Crippen LogP contribution in [0.5, 0.6) is 11.5 Å². The molecule has 1 unspecified atom stereocenters. The second-order valence-electron chi connectivity index (χ2n) is 6.35. The summed E-state index contributed by atoms with van der Waals surface area (Å²) in [7, 11) is 0. The summed E-state index contributed by atoms with van der Waals surface area (Å²) in [5.74, 6) is 1.67. The minimum Gasteiger partial charge on any atom is -0.507 e. The number of anilines is 1. The summed E-state index contributed by atoms with van der Waals surface area (Å²) in [4.78, 5) is 0. The van der Waals surface area contributed by atoms with Crippen molar-refractivity contribution < 1.29 is 9.84 Å². The molecule has 1 aromatic carbocycles. The van der Waals surface area contributed by atoms with Crippen LogP contribution in [-0.2, 0) is 0 Å². The maximum atomic E-state index is 9.92. The molecule has 2 bridgehead atoms. The molecule has 0 spiro atoms. The van der Waals surface area contributed by atoms with Crippen LogP contribution in [0.3, 0.4) is 0 Å². The molecule has 1 aromatic heterocycles. The molecule has 1 atom stereocenters. The topological polar surface area (TPSA) is 105 Å². The molecule has 0 amide bonds. The molecule has 3 aliphatic rings. The molecular formula is C17H16N4O2. The molecule has 3 saturated carbocycles. The smallest absolute Gasteiger partial charge is 0.188 e. The van der Waals surface area contributed by atoms with E-state index in [9.17, 15) is 10.4 Å². The van der Waals surface area contributed by atoms with Crippen LogP contribution >= 0.6 is 0 Å². The van der Waals surface area contributed by atoms with Crippen molar-refractivity contribution in [3.63, 3.8) is 0 Å². The van der Waals surface area contributed by atoms with Crippen molar-refractivity contribution in [3.8, 4) is 28.8 Å². The van der Waals surface area contributed by atoms with E-state index >= 15 is 0 Å². The van der Waals surface area contributed by atoms with Crippen LogP contribution in [0.2, 0.25) is 0 Å². The van der Waals surface area contributed by atoms with Crippen molar-refractivity contribution >= 4 is 5.82 Å². The maximum absolute atomic E-state index is 9.92. The average Bonchev–Trinajstić information content (AvgIpc) is 2.48. The van der Waals surface area contributed by atoms with Gasteiger partial charge in [-0.2, -0.15) is 5.26 Å². The molecule has 6 heteroatoms. The number of aromatic nitrogens is 2.